The molecule has 0 aliphatic carbocycles. The van der Waals surface area contributed by atoms with Crippen molar-refractivity contribution in [2.45, 2.75) is 32.4 Å². The molecule has 0 bridgehead atoms. The van der Waals surface area contributed by atoms with Crippen LogP contribution in [0.3, 0.4) is 0 Å². The molecule has 0 saturated carbocycles. The smallest absolute Gasteiger partial charge is 0.319 e. The van der Waals surface area contributed by atoms with Gasteiger partial charge in [0.15, 0.2) is 0 Å². The number of aryl methyl sites for hydroxylation is 1. The maximum absolute atomic E-state index is 12.8. The maximum atomic E-state index is 12.8. The highest BCUT2D eigenvalue weighted by atomic mass is 35.5. The molecule has 11 heteroatoms. The molecule has 2 heterocycles. The first-order valence-electron chi connectivity index (χ1n) is 11.6. The van der Waals surface area contributed by atoms with E-state index in [2.05, 4.69) is 30.9 Å². The molecule has 0 spiro atoms. The number of aromatic nitrogens is 3. The molecule has 1 amide bonds. The molecular weight excluding hydrogens is 484 g/mol. The Kier molecular flexibility index (Phi) is 9.80. The van der Waals surface area contributed by atoms with Crippen molar-refractivity contribution >= 4 is 29.4 Å². The molecule has 0 unspecified atom stereocenters. The van der Waals surface area contributed by atoms with Crippen LogP contribution in [0.25, 0.3) is 11.3 Å². The normalized spacial score (nSPS) is 12.6. The van der Waals surface area contributed by atoms with Gasteiger partial charge in [0, 0.05) is 23.0 Å². The second kappa shape index (κ2) is 13.0. The van der Waals surface area contributed by atoms with Crippen molar-refractivity contribution < 1.29 is 19.4 Å². The van der Waals surface area contributed by atoms with Gasteiger partial charge in [-0.2, -0.15) is 0 Å². The molecule has 0 aliphatic rings. The summed E-state index contributed by atoms with van der Waals surface area (Å²) in [7, 11) is 1.68. The Hall–Kier alpha value is -3.47. The first-order chi connectivity index (χ1) is 17.3. The number of benzene rings is 1. The van der Waals surface area contributed by atoms with E-state index in [-0.39, 0.29) is 37.7 Å². The molecule has 2 aromatic heterocycles. The summed E-state index contributed by atoms with van der Waals surface area (Å²) in [5.41, 5.74) is 3.21. The van der Waals surface area contributed by atoms with Crippen molar-refractivity contribution in [1.82, 2.24) is 25.6 Å². The van der Waals surface area contributed by atoms with Gasteiger partial charge in [0.25, 0.3) is 5.91 Å². The third-order valence-corrected chi connectivity index (χ3v) is 5.74. The van der Waals surface area contributed by atoms with Crippen LogP contribution in [0.4, 0.5) is 5.95 Å². The Morgan fingerprint density at radius 1 is 1.28 bits per heavy atom. The highest BCUT2D eigenvalue weighted by Crippen LogP contribution is 2.24. The van der Waals surface area contributed by atoms with Crippen LogP contribution in [0.2, 0.25) is 5.02 Å². The van der Waals surface area contributed by atoms with E-state index < -0.39 is 6.04 Å². The van der Waals surface area contributed by atoms with E-state index in [4.69, 9.17) is 16.3 Å². The minimum atomic E-state index is -0.604. The van der Waals surface area contributed by atoms with Crippen LogP contribution in [-0.4, -0.2) is 64.8 Å². The fraction of sp³-hybridized carbons (Fsp3) is 0.360. The standard InChI is InChI=1S/C25H31ClN6O4/c1-4-19(14-36-22(34)12-27-3)30-25-29-10-15(2)23(32-25)17-9-20(28-11-17)24(35)31-21(13-33)16-6-5-7-18(26)8-16/h5-11,19,21,27-28,33H,4,12-14H2,1-3H3,(H,31,35)(H,29,30,32)/t19-,21-/m1/s1. The molecule has 0 saturated heterocycles. The van der Waals surface area contributed by atoms with E-state index >= 15 is 0 Å². The van der Waals surface area contributed by atoms with Gasteiger partial charge in [0.05, 0.1) is 30.9 Å². The van der Waals surface area contributed by atoms with Crippen LogP contribution in [0.1, 0.15) is 41.0 Å². The quantitative estimate of drug-likeness (QED) is 0.232. The monoisotopic (exact) mass is 514 g/mol. The van der Waals surface area contributed by atoms with Gasteiger partial charge in [-0.05, 0) is 49.7 Å². The van der Waals surface area contributed by atoms with Gasteiger partial charge >= 0.3 is 5.97 Å². The van der Waals surface area contributed by atoms with Crippen LogP contribution >= 0.6 is 11.6 Å². The summed E-state index contributed by atoms with van der Waals surface area (Å²) >= 11 is 6.04. The predicted molar refractivity (Wildman–Crippen MR) is 138 cm³/mol. The molecule has 1 aromatic carbocycles. The SMILES string of the molecule is CC[C@H](COC(=O)CNC)Nc1ncc(C)c(-c2c[nH]c(C(=O)N[C@H](CO)c3cccc(Cl)c3)c2)n1. The minimum absolute atomic E-state index is 0.142. The van der Waals surface area contributed by atoms with Crippen LogP contribution in [0.5, 0.6) is 0 Å². The van der Waals surface area contributed by atoms with E-state index in [1.807, 2.05) is 13.8 Å². The predicted octanol–water partition coefficient (Wildman–Crippen LogP) is 2.85. The topological polar surface area (TPSA) is 141 Å². The first kappa shape index (κ1) is 27.1. The van der Waals surface area contributed by atoms with Crippen molar-refractivity contribution in [3.63, 3.8) is 0 Å². The van der Waals surface area contributed by atoms with Gasteiger partial charge in [0.1, 0.15) is 12.3 Å². The lowest BCUT2D eigenvalue weighted by molar-refractivity contribution is -0.142. The van der Waals surface area contributed by atoms with E-state index in [9.17, 15) is 14.7 Å². The lowest BCUT2D eigenvalue weighted by atomic mass is 10.1. The van der Waals surface area contributed by atoms with Crippen LogP contribution in [0, 0.1) is 6.92 Å². The van der Waals surface area contributed by atoms with Crippen molar-refractivity contribution in [1.29, 1.82) is 0 Å². The average Bonchev–Trinajstić information content (AvgIpc) is 3.36. The van der Waals surface area contributed by atoms with E-state index in [0.717, 1.165) is 5.56 Å². The summed E-state index contributed by atoms with van der Waals surface area (Å²) in [4.78, 5) is 36.4. The van der Waals surface area contributed by atoms with Crippen LogP contribution in [0.15, 0.2) is 42.7 Å². The number of likely N-dealkylation sites (N-methyl/N-ethyl adjacent to an activating group) is 1. The second-order valence-corrected chi connectivity index (χ2v) is 8.69. The third kappa shape index (κ3) is 7.27. The molecule has 10 nitrogen and oxygen atoms in total. The molecule has 36 heavy (non-hydrogen) atoms. The maximum Gasteiger partial charge on any atom is 0.319 e. The van der Waals surface area contributed by atoms with Gasteiger partial charge in [-0.15, -0.1) is 0 Å². The van der Waals surface area contributed by atoms with Gasteiger partial charge in [0.2, 0.25) is 5.95 Å². The number of nitrogens with zero attached hydrogens (tertiary/aromatic N) is 2. The zero-order valence-corrected chi connectivity index (χ0v) is 21.2. The second-order valence-electron chi connectivity index (χ2n) is 8.25. The van der Waals surface area contributed by atoms with Gasteiger partial charge in [-0.1, -0.05) is 30.7 Å². The van der Waals surface area contributed by atoms with Gasteiger partial charge in [-0.3, -0.25) is 9.59 Å². The zero-order valence-electron chi connectivity index (χ0n) is 20.5. The minimum Gasteiger partial charge on any atom is -0.463 e. The number of nitrogens with one attached hydrogen (secondary N) is 4. The summed E-state index contributed by atoms with van der Waals surface area (Å²) < 4.78 is 5.26. The number of halogens is 1. The number of carbonyl (C=O) groups is 2. The number of aromatic amines is 1. The molecule has 2 atom stereocenters. The summed E-state index contributed by atoms with van der Waals surface area (Å²) in [6.07, 6.45) is 4.09. The van der Waals surface area contributed by atoms with Crippen LogP contribution < -0.4 is 16.0 Å². The average molecular weight is 515 g/mol. The Labute approximate surface area is 214 Å². The summed E-state index contributed by atoms with van der Waals surface area (Å²) in [6, 6.07) is 7.91. The third-order valence-electron chi connectivity index (χ3n) is 5.50. The first-order valence-corrected chi connectivity index (χ1v) is 12.0. The fourth-order valence-corrected chi connectivity index (χ4v) is 3.69. The highest BCUT2D eigenvalue weighted by Gasteiger charge is 2.18. The fourth-order valence-electron chi connectivity index (χ4n) is 3.49. The van der Waals surface area contributed by atoms with Crippen LogP contribution in [-0.2, 0) is 9.53 Å². The largest absolute Gasteiger partial charge is 0.463 e. The number of anilines is 1. The van der Waals surface area contributed by atoms with Crippen molar-refractivity contribution in [3.05, 3.63) is 64.6 Å². The number of carbonyl (C=O) groups excluding carboxylic acids is 2. The Morgan fingerprint density at radius 3 is 2.78 bits per heavy atom. The van der Waals surface area contributed by atoms with E-state index in [1.165, 1.54) is 0 Å². The number of amides is 1. The molecule has 0 radical (unpaired) electrons. The molecule has 0 fully saturated rings. The molecule has 192 valence electrons. The highest BCUT2D eigenvalue weighted by molar-refractivity contribution is 6.30. The number of hydrogen-bond acceptors (Lipinski definition) is 8. The number of aliphatic hydroxyl groups excluding tert-OH is 1. The lowest BCUT2D eigenvalue weighted by Crippen LogP contribution is -2.31. The van der Waals surface area contributed by atoms with Crippen molar-refractivity contribution in [2.75, 3.05) is 32.1 Å². The summed E-state index contributed by atoms with van der Waals surface area (Å²) in [5, 5.41) is 19.1. The number of hydrogen-bond donors (Lipinski definition) is 5. The number of H-pyrrole nitrogens is 1. The lowest BCUT2D eigenvalue weighted by Gasteiger charge is -2.17. The number of esters is 1. The number of ether oxygens (including phenoxy) is 1. The van der Waals surface area contributed by atoms with Crippen molar-refractivity contribution in [3.8, 4) is 11.3 Å². The van der Waals surface area contributed by atoms with E-state index in [0.29, 0.717) is 39.9 Å². The number of rotatable bonds is 12. The molecule has 5 N–H and O–H groups in total. The molecule has 3 aromatic rings. The Balaban J connectivity index is 1.71. The Bertz CT molecular complexity index is 1180. The van der Waals surface area contributed by atoms with Gasteiger partial charge in [-0.25, -0.2) is 9.97 Å². The van der Waals surface area contributed by atoms with E-state index in [1.54, 1.807) is 49.8 Å². The summed E-state index contributed by atoms with van der Waals surface area (Å²) in [5.74, 6) is -0.319. The molecular formula is C25H31ClN6O4. The van der Waals surface area contributed by atoms with Gasteiger partial charge < -0.3 is 30.8 Å². The molecule has 0 aliphatic heterocycles. The Morgan fingerprint density at radius 2 is 2.08 bits per heavy atom. The van der Waals surface area contributed by atoms with Crippen molar-refractivity contribution in [2.24, 2.45) is 0 Å². The molecule has 3 rings (SSSR count). The summed E-state index contributed by atoms with van der Waals surface area (Å²) in [6.45, 7) is 3.91. The number of aliphatic hydroxyl groups is 1. The zero-order chi connectivity index (χ0) is 26.1.